The number of nitrogens with two attached hydrogens (primary N) is 1. The molecular weight excluding hydrogens is 288 g/mol. The third kappa shape index (κ3) is 4.92. The lowest BCUT2D eigenvalue weighted by molar-refractivity contribution is -0.132. The second kappa shape index (κ2) is 8.88. The molecule has 0 aromatic rings. The Morgan fingerprint density at radius 3 is 2.35 bits per heavy atom. The maximum atomic E-state index is 12.2. The van der Waals surface area contributed by atoms with Crippen molar-refractivity contribution in [1.82, 2.24) is 4.90 Å². The minimum Gasteiger partial charge on any atom is -0.392 e. The van der Waals surface area contributed by atoms with E-state index in [2.05, 4.69) is 13.2 Å². The van der Waals surface area contributed by atoms with Crippen LogP contribution in [0.4, 0.5) is 0 Å². The molecule has 2 N–H and O–H groups in total. The van der Waals surface area contributed by atoms with Crippen molar-refractivity contribution in [2.75, 3.05) is 19.3 Å². The SMILES string of the molecule is CCCCCCCC(=O)N1CCC(SC)(C(N)=S)CC1. The van der Waals surface area contributed by atoms with Crippen LogP contribution in [0.2, 0.25) is 0 Å². The molecule has 116 valence electrons. The molecule has 5 heteroatoms. The molecular formula is C15H28N2OS2. The topological polar surface area (TPSA) is 46.3 Å². The van der Waals surface area contributed by atoms with Crippen LogP contribution < -0.4 is 5.73 Å². The highest BCUT2D eigenvalue weighted by molar-refractivity contribution is 8.02. The van der Waals surface area contributed by atoms with Crippen LogP contribution in [-0.4, -0.2) is 39.9 Å². The Morgan fingerprint density at radius 2 is 1.85 bits per heavy atom. The Morgan fingerprint density at radius 1 is 1.25 bits per heavy atom. The number of carbonyl (C=O) groups is 1. The Labute approximate surface area is 133 Å². The molecule has 20 heavy (non-hydrogen) atoms. The molecule has 1 rings (SSSR count). The van der Waals surface area contributed by atoms with Gasteiger partial charge < -0.3 is 10.6 Å². The second-order valence-electron chi connectivity index (χ2n) is 5.61. The van der Waals surface area contributed by atoms with Gasteiger partial charge in [-0.1, -0.05) is 44.8 Å². The van der Waals surface area contributed by atoms with Gasteiger partial charge in [-0.25, -0.2) is 0 Å². The quantitative estimate of drug-likeness (QED) is 0.551. The van der Waals surface area contributed by atoms with Crippen LogP contribution in [0.5, 0.6) is 0 Å². The highest BCUT2D eigenvalue weighted by Gasteiger charge is 2.37. The van der Waals surface area contributed by atoms with Crippen LogP contribution in [0.3, 0.4) is 0 Å². The molecule has 1 fully saturated rings. The first-order valence-corrected chi connectivity index (χ1v) is 9.32. The van der Waals surface area contributed by atoms with E-state index in [1.54, 1.807) is 11.8 Å². The van der Waals surface area contributed by atoms with Gasteiger partial charge in [0.25, 0.3) is 0 Å². The van der Waals surface area contributed by atoms with E-state index >= 15 is 0 Å². The summed E-state index contributed by atoms with van der Waals surface area (Å²) in [6.45, 7) is 3.80. The van der Waals surface area contributed by atoms with Crippen LogP contribution in [-0.2, 0) is 4.79 Å². The van der Waals surface area contributed by atoms with Crippen molar-refractivity contribution in [2.24, 2.45) is 5.73 Å². The van der Waals surface area contributed by atoms with Crippen molar-refractivity contribution in [2.45, 2.75) is 63.0 Å². The second-order valence-corrected chi connectivity index (χ2v) is 7.24. The van der Waals surface area contributed by atoms with Gasteiger partial charge in [-0.2, -0.15) is 11.8 Å². The zero-order chi connectivity index (χ0) is 15.0. The molecule has 0 atom stereocenters. The lowest BCUT2D eigenvalue weighted by Crippen LogP contribution is -2.50. The molecule has 1 saturated heterocycles. The van der Waals surface area contributed by atoms with Gasteiger partial charge in [0.1, 0.15) is 0 Å². The van der Waals surface area contributed by atoms with Crippen molar-refractivity contribution in [3.8, 4) is 0 Å². The summed E-state index contributed by atoms with van der Waals surface area (Å²) in [5, 5.41) is 0. The molecule has 0 spiro atoms. The number of thiocarbonyl (C=S) groups is 1. The van der Waals surface area contributed by atoms with E-state index in [0.717, 1.165) is 32.4 Å². The Bertz CT molecular complexity index is 326. The van der Waals surface area contributed by atoms with Crippen molar-refractivity contribution < 1.29 is 4.79 Å². The average molecular weight is 317 g/mol. The third-order valence-electron chi connectivity index (χ3n) is 4.26. The monoisotopic (exact) mass is 316 g/mol. The molecule has 1 heterocycles. The Hall–Kier alpha value is -0.290. The van der Waals surface area contributed by atoms with Gasteiger partial charge in [-0.05, 0) is 25.5 Å². The van der Waals surface area contributed by atoms with Crippen LogP contribution in [0.15, 0.2) is 0 Å². The van der Waals surface area contributed by atoms with E-state index in [4.69, 9.17) is 18.0 Å². The zero-order valence-electron chi connectivity index (χ0n) is 12.8. The van der Waals surface area contributed by atoms with E-state index in [0.29, 0.717) is 17.3 Å². The summed E-state index contributed by atoms with van der Waals surface area (Å²) < 4.78 is -0.0900. The number of likely N-dealkylation sites (tertiary alicyclic amines) is 1. The first-order chi connectivity index (χ1) is 9.55. The fourth-order valence-electron chi connectivity index (χ4n) is 2.71. The fourth-order valence-corrected chi connectivity index (χ4v) is 3.95. The summed E-state index contributed by atoms with van der Waals surface area (Å²) >= 11 is 6.93. The number of piperidine rings is 1. The molecule has 0 unspecified atom stereocenters. The van der Waals surface area contributed by atoms with Crippen LogP contribution in [0.25, 0.3) is 0 Å². The maximum Gasteiger partial charge on any atom is 0.222 e. The average Bonchev–Trinajstić information content (AvgIpc) is 2.46. The molecule has 0 bridgehead atoms. The first kappa shape index (κ1) is 17.8. The van der Waals surface area contributed by atoms with Crippen molar-refractivity contribution >= 4 is 34.9 Å². The summed E-state index contributed by atoms with van der Waals surface area (Å²) in [6, 6.07) is 0. The van der Waals surface area contributed by atoms with E-state index < -0.39 is 0 Å². The lowest BCUT2D eigenvalue weighted by Gasteiger charge is -2.40. The minimum absolute atomic E-state index is 0.0900. The predicted octanol–water partition coefficient (Wildman–Crippen LogP) is 3.36. The zero-order valence-corrected chi connectivity index (χ0v) is 14.5. The summed E-state index contributed by atoms with van der Waals surface area (Å²) in [5.74, 6) is 0.305. The largest absolute Gasteiger partial charge is 0.392 e. The van der Waals surface area contributed by atoms with Crippen molar-refractivity contribution in [3.05, 3.63) is 0 Å². The number of thioether (sulfide) groups is 1. The van der Waals surface area contributed by atoms with Crippen molar-refractivity contribution in [3.63, 3.8) is 0 Å². The normalized spacial score (nSPS) is 18.0. The number of hydrogen-bond acceptors (Lipinski definition) is 3. The van der Waals surface area contributed by atoms with Gasteiger partial charge in [-0.15, -0.1) is 0 Å². The molecule has 1 aliphatic rings. The standard InChI is InChI=1S/C15H28N2OS2/c1-3-4-5-6-7-8-13(18)17-11-9-15(20-2,10-12-17)14(16)19/h3-12H2,1-2H3,(H2,16,19). The molecule has 3 nitrogen and oxygen atoms in total. The van der Waals surface area contributed by atoms with Gasteiger partial charge in [0.15, 0.2) is 0 Å². The Balaban J connectivity index is 2.30. The number of carbonyl (C=O) groups excluding carboxylic acids is 1. The highest BCUT2D eigenvalue weighted by Crippen LogP contribution is 2.35. The van der Waals surface area contributed by atoms with Crippen molar-refractivity contribution in [1.29, 1.82) is 0 Å². The maximum absolute atomic E-state index is 12.2. The Kier molecular flexibility index (Phi) is 7.88. The molecule has 0 aliphatic carbocycles. The summed E-state index contributed by atoms with van der Waals surface area (Å²) in [5.41, 5.74) is 5.87. The van der Waals surface area contributed by atoms with Gasteiger partial charge in [0, 0.05) is 19.5 Å². The van der Waals surface area contributed by atoms with Crippen LogP contribution in [0, 0.1) is 0 Å². The third-order valence-corrected chi connectivity index (χ3v) is 6.19. The van der Waals surface area contributed by atoms with Gasteiger partial charge in [-0.3, -0.25) is 4.79 Å². The smallest absolute Gasteiger partial charge is 0.222 e. The highest BCUT2D eigenvalue weighted by atomic mass is 32.2. The molecule has 0 saturated carbocycles. The lowest BCUT2D eigenvalue weighted by atomic mass is 9.95. The number of rotatable bonds is 8. The fraction of sp³-hybridized carbons (Fsp3) is 0.867. The van der Waals surface area contributed by atoms with Crippen LogP contribution >= 0.6 is 24.0 Å². The van der Waals surface area contributed by atoms with E-state index in [-0.39, 0.29) is 4.75 Å². The molecule has 0 aromatic carbocycles. The summed E-state index contributed by atoms with van der Waals surface area (Å²) in [6.07, 6.45) is 10.5. The van der Waals surface area contributed by atoms with Gasteiger partial charge in [0.05, 0.1) is 9.74 Å². The van der Waals surface area contributed by atoms with E-state index in [1.165, 1.54) is 25.7 Å². The predicted molar refractivity (Wildman–Crippen MR) is 92.2 cm³/mol. The number of unbranched alkanes of at least 4 members (excludes halogenated alkanes) is 4. The molecule has 1 amide bonds. The van der Waals surface area contributed by atoms with E-state index in [9.17, 15) is 4.79 Å². The molecule has 0 aromatic heterocycles. The van der Waals surface area contributed by atoms with Crippen LogP contribution in [0.1, 0.15) is 58.3 Å². The number of nitrogens with zero attached hydrogens (tertiary/aromatic N) is 1. The summed E-state index contributed by atoms with van der Waals surface area (Å²) in [7, 11) is 0. The number of amides is 1. The van der Waals surface area contributed by atoms with Gasteiger partial charge in [0.2, 0.25) is 5.91 Å². The molecule has 0 radical (unpaired) electrons. The minimum atomic E-state index is -0.0900. The molecule has 1 aliphatic heterocycles. The van der Waals surface area contributed by atoms with E-state index in [1.807, 2.05) is 4.90 Å². The first-order valence-electron chi connectivity index (χ1n) is 7.68. The summed E-state index contributed by atoms with van der Waals surface area (Å²) in [4.78, 5) is 14.7. The number of hydrogen-bond donors (Lipinski definition) is 1. The van der Waals surface area contributed by atoms with Gasteiger partial charge >= 0.3 is 0 Å².